The normalized spacial score (nSPS) is 11.8. The lowest BCUT2D eigenvalue weighted by Crippen LogP contribution is -2.13. The molecule has 0 fully saturated rings. The van der Waals surface area contributed by atoms with Gasteiger partial charge in [0.1, 0.15) is 0 Å². The zero-order chi connectivity index (χ0) is 60.3. The lowest BCUT2D eigenvalue weighted by Gasteiger charge is -2.23. The summed E-state index contributed by atoms with van der Waals surface area (Å²) in [7, 11) is 0. The largest absolute Gasteiger partial charge is 0.0654 e. The van der Waals surface area contributed by atoms with Gasteiger partial charge in [-0.15, -0.1) is 0 Å². The van der Waals surface area contributed by atoms with Gasteiger partial charge in [0.05, 0.1) is 0 Å². The van der Waals surface area contributed by atoms with Gasteiger partial charge in [0, 0.05) is 0 Å². The maximum Gasteiger partial charge on any atom is -0.0181 e. The van der Waals surface area contributed by atoms with Crippen molar-refractivity contribution in [3.05, 3.63) is 216 Å². The molecule has 0 aliphatic carbocycles. The van der Waals surface area contributed by atoms with Crippen molar-refractivity contribution < 1.29 is 0 Å². The second kappa shape index (κ2) is 37.9. The van der Waals surface area contributed by atoms with Gasteiger partial charge in [0.2, 0.25) is 0 Å². The predicted octanol–water partition coefficient (Wildman–Crippen LogP) is 25.7. The molecule has 0 aliphatic rings. The molecule has 7 rings (SSSR count). The van der Waals surface area contributed by atoms with Crippen molar-refractivity contribution in [2.24, 2.45) is 33.0 Å². The summed E-state index contributed by atoms with van der Waals surface area (Å²) >= 11 is 0. The predicted molar refractivity (Wildman–Crippen MR) is 369 cm³/mol. The number of unbranched alkanes of at least 4 members (excludes halogenated alkanes) is 7. The van der Waals surface area contributed by atoms with E-state index in [1.165, 1.54) is 178 Å². The standard InChI is InChI=1S/C21H28.C18H22.C16H20.C15H24.C12H26/c1-21(2,3)15-14-20(16-18-10-6-4-7-11-18)17-19-12-8-5-9-13-19;1-18(2,3)14-13-15-9-11-17(12-10-15)16-7-5-4-6-8-16;1-16(2,3)11-10-13-8-9-14-6-4-5-7-15(14)12-13;1-15(2,3)13-9-5-8-12-14-10-6-4-7-11-14;1-5-6-7-8-9-10-11-12(2,3)4/h4-13,20H,14-17H2,1-3H3;4-12H,13-14H2,1-3H3;4-9,12H,10-11H2,1-3H3;4,6-7,10-11H,5,8-9,12-13H2,1-3H3;5-11H2,1-4H3. The Kier molecular flexibility index (Phi) is 32.8. The minimum atomic E-state index is 0.415. The number of fused-ring (bicyclic) bond motifs is 1. The Balaban J connectivity index is 0.000000272. The summed E-state index contributed by atoms with van der Waals surface area (Å²) < 4.78 is 0. The molecule has 0 spiro atoms. The van der Waals surface area contributed by atoms with Gasteiger partial charge in [-0.1, -0.05) is 350 Å². The molecule has 0 amide bonds. The van der Waals surface area contributed by atoms with Crippen LogP contribution in [-0.4, -0.2) is 0 Å². The van der Waals surface area contributed by atoms with Gasteiger partial charge in [-0.2, -0.15) is 0 Å². The van der Waals surface area contributed by atoms with Crippen LogP contribution in [0.3, 0.4) is 0 Å². The quantitative estimate of drug-likeness (QED) is 0.0594. The number of aryl methyl sites for hydroxylation is 3. The van der Waals surface area contributed by atoms with Crippen molar-refractivity contribution in [1.29, 1.82) is 0 Å². The molecule has 82 heavy (non-hydrogen) atoms. The van der Waals surface area contributed by atoms with Gasteiger partial charge < -0.3 is 0 Å². The summed E-state index contributed by atoms with van der Waals surface area (Å²) in [5, 5.41) is 2.69. The number of rotatable bonds is 22. The number of hydrogen-bond donors (Lipinski definition) is 0. The van der Waals surface area contributed by atoms with Crippen molar-refractivity contribution in [3.63, 3.8) is 0 Å². The summed E-state index contributed by atoms with van der Waals surface area (Å²) in [6, 6.07) is 67.5. The molecule has 0 saturated heterocycles. The van der Waals surface area contributed by atoms with E-state index < -0.39 is 0 Å². The Hall–Kier alpha value is -5.20. The third kappa shape index (κ3) is 37.1. The molecular weight excluding hydrogens is 985 g/mol. The van der Waals surface area contributed by atoms with Gasteiger partial charge in [0.15, 0.2) is 0 Å². The van der Waals surface area contributed by atoms with Gasteiger partial charge in [-0.25, -0.2) is 0 Å². The van der Waals surface area contributed by atoms with Crippen LogP contribution in [0.1, 0.15) is 235 Å². The summed E-state index contributed by atoms with van der Waals surface area (Å²) in [4.78, 5) is 0. The van der Waals surface area contributed by atoms with Crippen LogP contribution in [-0.2, 0) is 32.1 Å². The van der Waals surface area contributed by atoms with Crippen molar-refractivity contribution in [3.8, 4) is 11.1 Å². The lowest BCUT2D eigenvalue weighted by atomic mass is 9.82. The zero-order valence-corrected chi connectivity index (χ0v) is 55.6. The Morgan fingerprint density at radius 2 is 0.622 bits per heavy atom. The van der Waals surface area contributed by atoms with Crippen LogP contribution in [0.15, 0.2) is 188 Å². The topological polar surface area (TPSA) is 0 Å². The van der Waals surface area contributed by atoms with Gasteiger partial charge >= 0.3 is 0 Å². The molecule has 0 atom stereocenters. The highest BCUT2D eigenvalue weighted by Crippen LogP contribution is 2.29. The van der Waals surface area contributed by atoms with Gasteiger partial charge in [-0.05, 0) is 160 Å². The number of hydrogen-bond acceptors (Lipinski definition) is 0. The van der Waals surface area contributed by atoms with Crippen LogP contribution in [0.4, 0.5) is 0 Å². The van der Waals surface area contributed by atoms with E-state index >= 15 is 0 Å². The highest BCUT2D eigenvalue weighted by molar-refractivity contribution is 5.83. The molecule has 0 unspecified atom stereocenters. The van der Waals surface area contributed by atoms with Gasteiger partial charge in [0.25, 0.3) is 0 Å². The minimum Gasteiger partial charge on any atom is -0.0654 e. The zero-order valence-electron chi connectivity index (χ0n) is 55.6. The fraction of sp³-hybridized carbons (Fsp3) is 0.512. The first kappa shape index (κ1) is 71.1. The summed E-state index contributed by atoms with van der Waals surface area (Å²) in [5.74, 6) is 0.731. The first-order chi connectivity index (χ1) is 38.8. The SMILES string of the molecule is CC(C)(C)CCC(Cc1ccccc1)Cc1ccccc1.CC(C)(C)CCCCCc1ccccc1.CC(C)(C)CCc1ccc(-c2ccccc2)cc1.CC(C)(C)CCc1ccc2ccccc2c1.CCCCCCCCC(C)(C)C. The van der Waals surface area contributed by atoms with E-state index in [4.69, 9.17) is 0 Å². The minimum absolute atomic E-state index is 0.415. The molecule has 7 aromatic rings. The van der Waals surface area contributed by atoms with E-state index in [1.807, 2.05) is 0 Å². The maximum absolute atomic E-state index is 2.34. The molecule has 0 saturated carbocycles. The second-order valence-electron chi connectivity index (χ2n) is 29.9. The molecule has 0 bridgehead atoms. The van der Waals surface area contributed by atoms with E-state index in [0.29, 0.717) is 27.1 Å². The molecule has 0 radical (unpaired) electrons. The first-order valence-corrected chi connectivity index (χ1v) is 32.5. The van der Waals surface area contributed by atoms with Crippen LogP contribution in [0, 0.1) is 33.0 Å². The molecule has 0 heterocycles. The second-order valence-corrected chi connectivity index (χ2v) is 29.9. The van der Waals surface area contributed by atoms with Crippen LogP contribution in [0.5, 0.6) is 0 Å². The van der Waals surface area contributed by atoms with Gasteiger partial charge in [-0.3, -0.25) is 0 Å². The fourth-order valence-corrected chi connectivity index (χ4v) is 9.98. The van der Waals surface area contributed by atoms with Crippen molar-refractivity contribution in [2.45, 2.75) is 239 Å². The Labute approximate surface area is 507 Å². The van der Waals surface area contributed by atoms with E-state index in [9.17, 15) is 0 Å². The molecule has 0 aliphatic heterocycles. The lowest BCUT2D eigenvalue weighted by molar-refractivity contribution is 0.319. The van der Waals surface area contributed by atoms with Crippen molar-refractivity contribution in [1.82, 2.24) is 0 Å². The van der Waals surface area contributed by atoms with Crippen LogP contribution >= 0.6 is 0 Å². The van der Waals surface area contributed by atoms with Crippen LogP contribution in [0.25, 0.3) is 21.9 Å². The molecule has 0 N–H and O–H groups in total. The van der Waals surface area contributed by atoms with Crippen LogP contribution < -0.4 is 0 Å². The molecule has 0 nitrogen and oxygen atoms in total. The Morgan fingerprint density at radius 1 is 0.268 bits per heavy atom. The smallest absolute Gasteiger partial charge is 0.0181 e. The third-order valence-electron chi connectivity index (χ3n) is 15.3. The highest BCUT2D eigenvalue weighted by atomic mass is 14.2. The van der Waals surface area contributed by atoms with E-state index in [0.717, 1.165) is 5.92 Å². The molecule has 7 aromatic carbocycles. The summed E-state index contributed by atoms with van der Waals surface area (Å²) in [5.41, 5.74) is 12.2. The average Bonchev–Trinajstić information content (AvgIpc) is 3.50. The summed E-state index contributed by atoms with van der Waals surface area (Å²) in [6.07, 6.45) is 26.4. The Morgan fingerprint density at radius 3 is 1.09 bits per heavy atom. The number of benzene rings is 7. The molecule has 448 valence electrons. The van der Waals surface area contributed by atoms with Crippen molar-refractivity contribution >= 4 is 10.8 Å². The van der Waals surface area contributed by atoms with E-state index in [2.05, 4.69) is 299 Å². The monoisotopic (exact) mass is 1100 g/mol. The molecule has 0 heteroatoms. The third-order valence-corrected chi connectivity index (χ3v) is 15.3. The molecular formula is C82H120. The summed E-state index contributed by atoms with van der Waals surface area (Å²) in [6.45, 7) is 37.1. The van der Waals surface area contributed by atoms with Crippen LogP contribution in [0.2, 0.25) is 0 Å². The fourth-order valence-electron chi connectivity index (χ4n) is 9.98. The first-order valence-electron chi connectivity index (χ1n) is 32.5. The van der Waals surface area contributed by atoms with E-state index in [1.54, 1.807) is 0 Å². The van der Waals surface area contributed by atoms with E-state index in [-0.39, 0.29) is 0 Å². The average molecular weight is 1110 g/mol. The highest BCUT2D eigenvalue weighted by Gasteiger charge is 2.17. The maximum atomic E-state index is 2.34. The molecule has 0 aromatic heterocycles. The Bertz CT molecular complexity index is 2580. The van der Waals surface area contributed by atoms with Crippen molar-refractivity contribution in [2.75, 3.05) is 0 Å².